The summed E-state index contributed by atoms with van der Waals surface area (Å²) in [5.41, 5.74) is 1.84. The number of ether oxygens (including phenoxy) is 1. The van der Waals surface area contributed by atoms with Crippen LogP contribution in [0.1, 0.15) is 44.0 Å². The summed E-state index contributed by atoms with van der Waals surface area (Å²) in [5, 5.41) is 6.17. The molecular weight excluding hydrogens is 404 g/mol. The van der Waals surface area contributed by atoms with Gasteiger partial charge in [0.15, 0.2) is 0 Å². The van der Waals surface area contributed by atoms with Crippen LogP contribution in [0.4, 0.5) is 0 Å². The highest BCUT2D eigenvalue weighted by molar-refractivity contribution is 5.93. The van der Waals surface area contributed by atoms with Crippen molar-refractivity contribution in [3.63, 3.8) is 0 Å². The van der Waals surface area contributed by atoms with Crippen molar-refractivity contribution in [3.8, 4) is 0 Å². The van der Waals surface area contributed by atoms with Gasteiger partial charge in [-0.3, -0.25) is 19.5 Å². The molecule has 2 N–H and O–H groups in total. The number of morpholine rings is 1. The molecule has 32 heavy (non-hydrogen) atoms. The third-order valence-electron chi connectivity index (χ3n) is 6.79. The maximum Gasteiger partial charge on any atom is 0.252 e. The molecule has 3 unspecified atom stereocenters. The highest BCUT2D eigenvalue weighted by Crippen LogP contribution is 2.38. The molecule has 1 aromatic heterocycles. The third-order valence-corrected chi connectivity index (χ3v) is 6.79. The Morgan fingerprint density at radius 1 is 1.25 bits per heavy atom. The van der Waals surface area contributed by atoms with Crippen LogP contribution in [0, 0.1) is 23.7 Å². The zero-order valence-corrected chi connectivity index (χ0v) is 19.7. The smallest absolute Gasteiger partial charge is 0.252 e. The van der Waals surface area contributed by atoms with Gasteiger partial charge in [-0.25, -0.2) is 0 Å². The van der Waals surface area contributed by atoms with E-state index in [9.17, 15) is 9.59 Å². The molecule has 1 aromatic rings. The van der Waals surface area contributed by atoms with E-state index in [-0.39, 0.29) is 23.7 Å². The van der Waals surface area contributed by atoms with Crippen LogP contribution >= 0.6 is 0 Å². The Morgan fingerprint density at radius 2 is 2.03 bits per heavy atom. The van der Waals surface area contributed by atoms with E-state index < -0.39 is 0 Å². The molecule has 0 bridgehead atoms. The number of nitrogens with zero attached hydrogens (tertiary/aromatic N) is 2. The van der Waals surface area contributed by atoms with Gasteiger partial charge in [-0.1, -0.05) is 25.5 Å². The average molecular weight is 443 g/mol. The average Bonchev–Trinajstić information content (AvgIpc) is 2.80. The predicted octanol–water partition coefficient (Wildman–Crippen LogP) is 2.50. The molecule has 2 aliphatic rings. The summed E-state index contributed by atoms with van der Waals surface area (Å²) in [7, 11) is 0. The standard InChI is InChI=1S/C25H38N4O3/c1-18(2)23-14-21(15-24(30)27-7-8-29-9-11-32-12-10-29)19(3)13-22(23)17-28-25(31)20-5-4-6-26-16-20/h4-6,13,16,18,21-23H,7-12,14-15,17H2,1-3H3,(H,27,30)(H,28,31). The number of carbonyl (C=O) groups excluding carboxylic acids is 2. The zero-order chi connectivity index (χ0) is 22.9. The molecule has 3 rings (SSSR count). The fraction of sp³-hybridized carbons (Fsp3) is 0.640. The molecule has 2 amide bonds. The number of allylic oxidation sites excluding steroid dienone is 1. The molecule has 1 fully saturated rings. The van der Waals surface area contributed by atoms with Crippen LogP contribution in [0.3, 0.4) is 0 Å². The van der Waals surface area contributed by atoms with Gasteiger partial charge in [-0.05, 0) is 49.1 Å². The second kappa shape index (κ2) is 12.1. The van der Waals surface area contributed by atoms with Crippen LogP contribution in [0.25, 0.3) is 0 Å². The Bertz CT molecular complexity index is 775. The summed E-state index contributed by atoms with van der Waals surface area (Å²) < 4.78 is 5.37. The molecule has 3 atom stereocenters. The Kier molecular flexibility index (Phi) is 9.23. The number of hydrogen-bond donors (Lipinski definition) is 2. The first-order valence-electron chi connectivity index (χ1n) is 11.9. The highest BCUT2D eigenvalue weighted by atomic mass is 16.5. The van der Waals surface area contributed by atoms with Gasteiger partial charge in [0.05, 0.1) is 18.8 Å². The molecule has 1 aliphatic carbocycles. The van der Waals surface area contributed by atoms with E-state index in [0.29, 0.717) is 36.9 Å². The minimum Gasteiger partial charge on any atom is -0.379 e. The zero-order valence-electron chi connectivity index (χ0n) is 19.7. The lowest BCUT2D eigenvalue weighted by Gasteiger charge is -2.37. The Labute approximate surface area is 192 Å². The second-order valence-corrected chi connectivity index (χ2v) is 9.37. The van der Waals surface area contributed by atoms with E-state index in [4.69, 9.17) is 4.74 Å². The Balaban J connectivity index is 1.50. The highest BCUT2D eigenvalue weighted by Gasteiger charge is 2.32. The fourth-order valence-corrected chi connectivity index (χ4v) is 4.79. The normalized spacial score (nSPS) is 24.1. The number of nitrogens with one attached hydrogen (secondary N) is 2. The monoisotopic (exact) mass is 442 g/mol. The molecule has 1 saturated heterocycles. The Morgan fingerprint density at radius 3 is 2.72 bits per heavy atom. The van der Waals surface area contributed by atoms with Crippen molar-refractivity contribution < 1.29 is 14.3 Å². The van der Waals surface area contributed by atoms with Gasteiger partial charge < -0.3 is 15.4 Å². The summed E-state index contributed by atoms with van der Waals surface area (Å²) in [5.74, 6) is 1.48. The van der Waals surface area contributed by atoms with Crippen LogP contribution in [-0.4, -0.2) is 67.6 Å². The van der Waals surface area contributed by atoms with Crippen molar-refractivity contribution in [1.82, 2.24) is 20.5 Å². The molecule has 176 valence electrons. The predicted molar refractivity (Wildman–Crippen MR) is 125 cm³/mol. The molecule has 7 nitrogen and oxygen atoms in total. The van der Waals surface area contributed by atoms with E-state index >= 15 is 0 Å². The van der Waals surface area contributed by atoms with Gasteiger partial charge in [0.25, 0.3) is 5.91 Å². The first-order valence-corrected chi connectivity index (χ1v) is 11.9. The fourth-order valence-electron chi connectivity index (χ4n) is 4.79. The minimum atomic E-state index is -0.0894. The van der Waals surface area contributed by atoms with E-state index in [0.717, 1.165) is 39.3 Å². The quantitative estimate of drug-likeness (QED) is 0.574. The lowest BCUT2D eigenvalue weighted by atomic mass is 9.69. The van der Waals surface area contributed by atoms with Crippen molar-refractivity contribution in [2.75, 3.05) is 45.9 Å². The van der Waals surface area contributed by atoms with Crippen molar-refractivity contribution in [3.05, 3.63) is 41.7 Å². The van der Waals surface area contributed by atoms with Gasteiger partial charge >= 0.3 is 0 Å². The summed E-state index contributed by atoms with van der Waals surface area (Å²) in [6.07, 6.45) is 7.04. The first kappa shape index (κ1) is 24.4. The largest absolute Gasteiger partial charge is 0.379 e. The Hall–Kier alpha value is -2.25. The van der Waals surface area contributed by atoms with Crippen molar-refractivity contribution in [2.24, 2.45) is 23.7 Å². The summed E-state index contributed by atoms with van der Waals surface area (Å²) in [6.45, 7) is 12.2. The van der Waals surface area contributed by atoms with Gasteiger partial charge in [-0.15, -0.1) is 0 Å². The minimum absolute atomic E-state index is 0.0894. The first-order chi connectivity index (χ1) is 15.4. The number of pyridine rings is 1. The van der Waals surface area contributed by atoms with E-state index in [1.54, 1.807) is 24.5 Å². The topological polar surface area (TPSA) is 83.6 Å². The molecule has 0 spiro atoms. The van der Waals surface area contributed by atoms with Gasteiger partial charge in [0.1, 0.15) is 0 Å². The van der Waals surface area contributed by atoms with Crippen molar-refractivity contribution in [2.45, 2.75) is 33.6 Å². The van der Waals surface area contributed by atoms with Crippen LogP contribution in [0.15, 0.2) is 36.2 Å². The van der Waals surface area contributed by atoms with Gasteiger partial charge in [-0.2, -0.15) is 0 Å². The maximum absolute atomic E-state index is 12.6. The SMILES string of the molecule is CC1=CC(CNC(=O)c2cccnc2)C(C(C)C)CC1CC(=O)NCCN1CCOCC1. The van der Waals surface area contributed by atoms with E-state index in [1.165, 1.54) is 5.57 Å². The number of rotatable bonds is 9. The van der Waals surface area contributed by atoms with Crippen LogP contribution in [0.2, 0.25) is 0 Å². The third kappa shape index (κ3) is 7.14. The molecule has 0 aromatic carbocycles. The molecule has 7 heteroatoms. The van der Waals surface area contributed by atoms with Crippen LogP contribution in [0.5, 0.6) is 0 Å². The lowest BCUT2D eigenvalue weighted by Crippen LogP contribution is -2.42. The van der Waals surface area contributed by atoms with Gasteiger partial charge in [0.2, 0.25) is 5.91 Å². The van der Waals surface area contributed by atoms with E-state index in [2.05, 4.69) is 47.4 Å². The van der Waals surface area contributed by atoms with Crippen molar-refractivity contribution in [1.29, 1.82) is 0 Å². The molecule has 1 aliphatic heterocycles. The van der Waals surface area contributed by atoms with Crippen molar-refractivity contribution >= 4 is 11.8 Å². The lowest BCUT2D eigenvalue weighted by molar-refractivity contribution is -0.122. The summed E-state index contributed by atoms with van der Waals surface area (Å²) in [4.78, 5) is 31.4. The number of aromatic nitrogens is 1. The van der Waals surface area contributed by atoms with Gasteiger partial charge in [0, 0.05) is 51.5 Å². The maximum atomic E-state index is 12.6. The molecule has 0 radical (unpaired) electrons. The summed E-state index contributed by atoms with van der Waals surface area (Å²) in [6, 6.07) is 3.55. The summed E-state index contributed by atoms with van der Waals surface area (Å²) >= 11 is 0. The second-order valence-electron chi connectivity index (χ2n) is 9.37. The molecular formula is C25H38N4O3. The molecule has 2 heterocycles. The number of carbonyl (C=O) groups is 2. The molecule has 0 saturated carbocycles. The number of amides is 2. The van der Waals surface area contributed by atoms with E-state index in [1.807, 2.05) is 0 Å². The number of hydrogen-bond acceptors (Lipinski definition) is 5. The van der Waals surface area contributed by atoms with Crippen LogP contribution < -0.4 is 10.6 Å². The van der Waals surface area contributed by atoms with Crippen LogP contribution in [-0.2, 0) is 9.53 Å².